The van der Waals surface area contributed by atoms with Crippen molar-refractivity contribution in [2.24, 2.45) is 85.8 Å². The van der Waals surface area contributed by atoms with E-state index in [2.05, 4.69) is 98.8 Å². The van der Waals surface area contributed by atoms with Crippen LogP contribution in [0.1, 0.15) is 199 Å². The van der Waals surface area contributed by atoms with Crippen LogP contribution in [0.5, 0.6) is 0 Å². The van der Waals surface area contributed by atoms with Crippen LogP contribution in [0.2, 0.25) is 0 Å². The van der Waals surface area contributed by atoms with Crippen molar-refractivity contribution in [1.29, 1.82) is 0 Å². The van der Waals surface area contributed by atoms with Gasteiger partial charge >= 0.3 is 17.4 Å². The molecule has 0 heterocycles. The van der Waals surface area contributed by atoms with Crippen molar-refractivity contribution in [1.82, 2.24) is 0 Å². The number of carboxylic acids is 3. The van der Waals surface area contributed by atoms with Crippen LogP contribution in [-0.4, -0.2) is 35.3 Å². The third-order valence-electron chi connectivity index (χ3n) is 21.1. The SMILES string of the molecule is CC(C)C1=CC2=CC[C@@H]3[C@](C)(CCC[C@@]3(C)C(=O)[O-])[C@H]2CC1.CC(C)C1=CC2=CC[C@@H]3[C@](C)(CCC[C@@]3(C)C(=O)[O-])[C@H]2CC1.CC(C)C1=CC2=CC[C@@H]3[C@](C)(CCC[C@@]3(C)C(=O)[O-])[C@H]2CC1.[Al+3]. The molecule has 0 aromatic rings. The molecule has 0 spiro atoms. The Balaban J connectivity index is 0.000000165. The van der Waals surface area contributed by atoms with Gasteiger partial charge in [-0.2, -0.15) is 0 Å². The molecule has 0 unspecified atom stereocenters. The Labute approximate surface area is 417 Å². The van der Waals surface area contributed by atoms with E-state index in [0.717, 1.165) is 77.0 Å². The molecule has 9 rings (SSSR count). The minimum atomic E-state index is -0.838. The van der Waals surface area contributed by atoms with E-state index in [9.17, 15) is 29.7 Å². The van der Waals surface area contributed by atoms with Crippen molar-refractivity contribution in [3.63, 3.8) is 0 Å². The van der Waals surface area contributed by atoms with Crippen molar-refractivity contribution in [2.75, 3.05) is 0 Å². The van der Waals surface area contributed by atoms with Crippen molar-refractivity contribution in [3.05, 3.63) is 69.9 Å². The predicted molar refractivity (Wildman–Crippen MR) is 266 cm³/mol. The summed E-state index contributed by atoms with van der Waals surface area (Å²) in [7, 11) is 0. The van der Waals surface area contributed by atoms with Gasteiger partial charge in [0.2, 0.25) is 0 Å². The largest absolute Gasteiger partial charge is 3.00 e. The quantitative estimate of drug-likeness (QED) is 0.245. The molecule has 0 aromatic heterocycles. The second kappa shape index (κ2) is 19.9. The second-order valence-corrected chi connectivity index (χ2v) is 25.6. The van der Waals surface area contributed by atoms with E-state index in [0.29, 0.717) is 35.5 Å². The molecule has 12 atom stereocenters. The van der Waals surface area contributed by atoms with Gasteiger partial charge < -0.3 is 29.7 Å². The molecule has 67 heavy (non-hydrogen) atoms. The molecule has 0 bridgehead atoms. The molecule has 0 N–H and O–H groups in total. The van der Waals surface area contributed by atoms with Gasteiger partial charge in [-0.15, -0.1) is 0 Å². The molecule has 6 nitrogen and oxygen atoms in total. The Morgan fingerprint density at radius 2 is 0.687 bits per heavy atom. The summed E-state index contributed by atoms with van der Waals surface area (Å²) in [5.74, 6) is 1.61. The Morgan fingerprint density at radius 1 is 0.448 bits per heavy atom. The van der Waals surface area contributed by atoms with Crippen LogP contribution in [0.3, 0.4) is 0 Å². The number of aliphatic carboxylic acids is 3. The summed E-state index contributed by atoms with van der Waals surface area (Å²) >= 11 is 0. The molecule has 3 fully saturated rings. The number of hydrogen-bond acceptors (Lipinski definition) is 6. The summed E-state index contributed by atoms with van der Waals surface area (Å²) in [6, 6.07) is 0. The number of carbonyl (C=O) groups excluding carboxylic acids is 3. The number of rotatable bonds is 6. The zero-order chi connectivity index (χ0) is 48.4. The van der Waals surface area contributed by atoms with Crippen LogP contribution >= 0.6 is 0 Å². The standard InChI is InChI=1S/3C20H30O2.Al/c3*1-13(2)14-6-8-16-15(12-14)7-9-17-19(16,3)10-5-11-20(17,4)18(21)22;/h3*7,12-13,16-17H,5-6,8-11H2,1-4H3,(H,21,22);/q;;;+3/p-3/t3*16-,17+,19+,20+;/m000./s1. The minimum Gasteiger partial charge on any atom is -0.550 e. The minimum absolute atomic E-state index is 0. The fraction of sp³-hybridized carbons (Fsp3) is 0.750. The molecule has 9 aliphatic rings. The van der Waals surface area contributed by atoms with Crippen LogP contribution in [-0.2, 0) is 14.4 Å². The van der Waals surface area contributed by atoms with Gasteiger partial charge in [-0.1, -0.05) is 156 Å². The summed E-state index contributed by atoms with van der Waals surface area (Å²) in [4.78, 5) is 35.5. The van der Waals surface area contributed by atoms with Crippen LogP contribution < -0.4 is 15.3 Å². The maximum atomic E-state index is 11.8. The Hall–Kier alpha value is -2.62. The number of hydrogen-bond donors (Lipinski definition) is 0. The molecule has 9 aliphatic carbocycles. The second-order valence-electron chi connectivity index (χ2n) is 25.6. The molecular weight excluding hydrogens is 844 g/mol. The Morgan fingerprint density at radius 3 is 0.896 bits per heavy atom. The average molecular weight is 931 g/mol. The fourth-order valence-corrected chi connectivity index (χ4v) is 16.8. The van der Waals surface area contributed by atoms with E-state index in [1.54, 1.807) is 16.7 Å². The van der Waals surface area contributed by atoms with E-state index < -0.39 is 34.2 Å². The number of fused-ring (bicyclic) bond motifs is 9. The molecule has 0 radical (unpaired) electrons. The zero-order valence-corrected chi connectivity index (χ0v) is 45.1. The summed E-state index contributed by atoms with van der Waals surface area (Å²) in [5.41, 5.74) is 7.52. The van der Waals surface area contributed by atoms with E-state index >= 15 is 0 Å². The molecule has 0 saturated heterocycles. The van der Waals surface area contributed by atoms with E-state index in [1.165, 1.54) is 55.2 Å². The van der Waals surface area contributed by atoms with Gasteiger partial charge in [0.25, 0.3) is 0 Å². The van der Waals surface area contributed by atoms with Crippen molar-refractivity contribution >= 4 is 35.3 Å². The van der Waals surface area contributed by atoms with Crippen LogP contribution in [0, 0.1) is 85.8 Å². The van der Waals surface area contributed by atoms with Gasteiger partial charge in [-0.3, -0.25) is 0 Å². The first-order chi connectivity index (χ1) is 30.9. The first kappa shape index (κ1) is 53.7. The van der Waals surface area contributed by atoms with Crippen molar-refractivity contribution in [3.8, 4) is 0 Å². The van der Waals surface area contributed by atoms with E-state index in [4.69, 9.17) is 0 Å². The topological polar surface area (TPSA) is 120 Å². The van der Waals surface area contributed by atoms with Gasteiger partial charge in [-0.25, -0.2) is 0 Å². The van der Waals surface area contributed by atoms with Gasteiger partial charge in [-0.05, 0) is 183 Å². The maximum absolute atomic E-state index is 11.8. The number of carboxylic acid groups (broad SMARTS) is 3. The first-order valence-corrected chi connectivity index (χ1v) is 26.7. The zero-order valence-electron chi connectivity index (χ0n) is 43.9. The third-order valence-corrected chi connectivity index (χ3v) is 21.1. The monoisotopic (exact) mass is 931 g/mol. The fourth-order valence-electron chi connectivity index (χ4n) is 16.8. The first-order valence-electron chi connectivity index (χ1n) is 26.7. The molecule has 0 aliphatic heterocycles. The van der Waals surface area contributed by atoms with Gasteiger partial charge in [0.15, 0.2) is 0 Å². The molecule has 0 aromatic carbocycles. The molecular formula is C60H87AlO6. The average Bonchev–Trinajstić information content (AvgIpc) is 3.26. The van der Waals surface area contributed by atoms with Crippen molar-refractivity contribution in [2.45, 2.75) is 199 Å². The van der Waals surface area contributed by atoms with Crippen LogP contribution in [0.15, 0.2) is 69.9 Å². The van der Waals surface area contributed by atoms with Gasteiger partial charge in [0.05, 0.1) is 0 Å². The molecule has 0 amide bonds. The Bertz CT molecular complexity index is 1870. The number of carbonyl (C=O) groups is 3. The normalized spacial score (nSPS) is 40.7. The van der Waals surface area contributed by atoms with Crippen molar-refractivity contribution < 1.29 is 29.7 Å². The molecule has 7 heteroatoms. The van der Waals surface area contributed by atoms with Crippen LogP contribution in [0.25, 0.3) is 0 Å². The Kier molecular flexibility index (Phi) is 15.9. The van der Waals surface area contributed by atoms with Crippen LogP contribution in [0.4, 0.5) is 0 Å². The molecule has 366 valence electrons. The summed E-state index contributed by atoms with van der Waals surface area (Å²) in [6.45, 7) is 26.5. The number of allylic oxidation sites excluding steroid dienone is 12. The van der Waals surface area contributed by atoms with E-state index in [1.807, 2.05) is 20.8 Å². The van der Waals surface area contributed by atoms with E-state index in [-0.39, 0.29) is 51.4 Å². The summed E-state index contributed by atoms with van der Waals surface area (Å²) in [6.07, 6.45) is 32.9. The van der Waals surface area contributed by atoms with Gasteiger partial charge in [0.1, 0.15) is 0 Å². The predicted octanol–water partition coefficient (Wildman–Crippen LogP) is 11.2. The maximum Gasteiger partial charge on any atom is 3.00 e. The molecule has 3 saturated carbocycles. The summed E-state index contributed by atoms with van der Waals surface area (Å²) < 4.78 is 0. The van der Waals surface area contributed by atoms with Gasteiger partial charge in [0, 0.05) is 34.2 Å². The smallest absolute Gasteiger partial charge is 0.550 e. The third kappa shape index (κ3) is 9.40. The summed E-state index contributed by atoms with van der Waals surface area (Å²) in [5, 5.41) is 35.5.